The van der Waals surface area contributed by atoms with Crippen LogP contribution < -0.4 is 4.90 Å². The van der Waals surface area contributed by atoms with Gasteiger partial charge in [0.1, 0.15) is 11.4 Å². The molecule has 3 heterocycles. The highest BCUT2D eigenvalue weighted by Crippen LogP contribution is 2.66. The Balaban J connectivity index is 1.43. The summed E-state index contributed by atoms with van der Waals surface area (Å²) < 4.78 is 73.2. The van der Waals surface area contributed by atoms with Gasteiger partial charge in [-0.25, -0.2) is 26.9 Å². The van der Waals surface area contributed by atoms with Crippen LogP contribution in [0.1, 0.15) is 40.3 Å². The molecule has 7 rings (SSSR count). The molecule has 1 saturated carbocycles. The molecule has 3 fully saturated rings. The van der Waals surface area contributed by atoms with E-state index in [1.807, 2.05) is 0 Å². The molecule has 250 valence electrons. The number of anilines is 1. The average molecular weight is 726 g/mol. The molecule has 0 spiro atoms. The first-order valence-electron chi connectivity index (χ1n) is 14.7. The molecule has 6 unspecified atom stereocenters. The van der Waals surface area contributed by atoms with Gasteiger partial charge >= 0.3 is 0 Å². The highest BCUT2D eigenvalue weighted by Gasteiger charge is 2.77. The van der Waals surface area contributed by atoms with Crippen LogP contribution in [0.25, 0.3) is 0 Å². The van der Waals surface area contributed by atoms with Gasteiger partial charge in [-0.2, -0.15) is 0 Å². The number of aromatic hydroxyl groups is 1. The van der Waals surface area contributed by atoms with Crippen molar-refractivity contribution in [2.45, 2.75) is 48.9 Å². The van der Waals surface area contributed by atoms with Gasteiger partial charge in [-0.15, -0.1) is 34.5 Å². The van der Waals surface area contributed by atoms with Crippen molar-refractivity contribution in [1.29, 1.82) is 0 Å². The van der Waals surface area contributed by atoms with Crippen molar-refractivity contribution in [3.8, 4) is 5.75 Å². The number of carbonyl (C=O) groups is 4. The van der Waals surface area contributed by atoms with Crippen molar-refractivity contribution in [2.75, 3.05) is 4.90 Å². The maximum Gasteiger partial charge on any atom is 0.258 e. The van der Waals surface area contributed by atoms with E-state index >= 15 is 8.78 Å². The number of allylic oxidation sites excluding steroid dienone is 2. The number of phenols is 1. The zero-order valence-corrected chi connectivity index (χ0v) is 27.3. The van der Waals surface area contributed by atoms with E-state index in [0.717, 1.165) is 9.78 Å². The largest absolute Gasteiger partial charge is 0.507 e. The van der Waals surface area contributed by atoms with Crippen LogP contribution >= 0.6 is 34.5 Å². The molecule has 4 amide bonds. The van der Waals surface area contributed by atoms with E-state index in [1.54, 1.807) is 37.4 Å². The highest BCUT2D eigenvalue weighted by atomic mass is 35.5. The van der Waals surface area contributed by atoms with Gasteiger partial charge in [0.05, 0.1) is 18.4 Å². The van der Waals surface area contributed by atoms with Gasteiger partial charge in [-0.1, -0.05) is 29.8 Å². The van der Waals surface area contributed by atoms with Gasteiger partial charge in [-0.3, -0.25) is 24.1 Å². The average Bonchev–Trinajstić information content (AvgIpc) is 3.69. The molecule has 2 aromatic carbocycles. The van der Waals surface area contributed by atoms with Gasteiger partial charge in [-0.05, 0) is 60.7 Å². The van der Waals surface area contributed by atoms with Crippen molar-refractivity contribution >= 4 is 63.9 Å². The number of thiophene rings is 1. The van der Waals surface area contributed by atoms with Crippen LogP contribution in [-0.2, 0) is 25.7 Å². The van der Waals surface area contributed by atoms with E-state index in [0.29, 0.717) is 16.7 Å². The Morgan fingerprint density at radius 1 is 0.896 bits per heavy atom. The molecule has 4 aliphatic rings. The molecule has 0 bridgehead atoms. The normalized spacial score (nSPS) is 29.7. The fourth-order valence-corrected chi connectivity index (χ4v) is 9.50. The van der Waals surface area contributed by atoms with Crippen molar-refractivity contribution < 1.29 is 46.2 Å². The van der Waals surface area contributed by atoms with E-state index in [2.05, 4.69) is 0 Å². The first kappa shape index (κ1) is 32.7. The number of hydrogen-bond acceptors (Lipinski definition) is 6. The number of benzene rings is 2. The molecule has 2 saturated heterocycles. The third-order valence-corrected chi connectivity index (χ3v) is 12.3. The molecule has 3 aromatic rings. The molecule has 1 aromatic heterocycles. The number of aryl methyl sites for hydroxylation is 2. The Hall–Kier alpha value is -3.81. The second-order valence-corrected chi connectivity index (χ2v) is 14.8. The molecular formula is C33H23Cl2F5N2O5S. The Bertz CT molecular complexity index is 1970. The fraction of sp³-hybridized carbons (Fsp3) is 0.333. The maximum atomic E-state index is 15.2. The zero-order chi connectivity index (χ0) is 34.8. The van der Waals surface area contributed by atoms with Crippen LogP contribution in [0.15, 0.2) is 41.3 Å². The number of alkyl halides is 2. The first-order valence-corrected chi connectivity index (χ1v) is 16.4. The monoisotopic (exact) mass is 724 g/mol. The topological polar surface area (TPSA) is 95.0 Å². The molecular weight excluding hydrogens is 702 g/mol. The van der Waals surface area contributed by atoms with Crippen LogP contribution in [-0.4, -0.2) is 43.4 Å². The van der Waals surface area contributed by atoms with E-state index in [9.17, 15) is 37.5 Å². The number of halogens is 7. The number of rotatable bonds is 4. The number of imide groups is 2. The van der Waals surface area contributed by atoms with Crippen LogP contribution in [0.3, 0.4) is 0 Å². The van der Waals surface area contributed by atoms with Gasteiger partial charge < -0.3 is 5.11 Å². The van der Waals surface area contributed by atoms with Gasteiger partial charge in [0.25, 0.3) is 11.8 Å². The third kappa shape index (κ3) is 4.10. The summed E-state index contributed by atoms with van der Waals surface area (Å²) in [5.74, 6) is -20.7. The summed E-state index contributed by atoms with van der Waals surface area (Å²) in [6.07, 6.45) is 1.09. The van der Waals surface area contributed by atoms with E-state index in [1.165, 1.54) is 23.5 Å². The summed E-state index contributed by atoms with van der Waals surface area (Å²) in [7, 11) is 0. The smallest absolute Gasteiger partial charge is 0.258 e. The lowest BCUT2D eigenvalue weighted by Crippen LogP contribution is -2.60. The number of carbonyl (C=O) groups excluding carboxylic acids is 4. The molecule has 2 aliphatic heterocycles. The minimum absolute atomic E-state index is 0.00106. The Morgan fingerprint density at radius 3 is 2.08 bits per heavy atom. The number of likely N-dealkylation sites (tertiary alicyclic amines) is 1. The number of nitrogens with zero attached hydrogens (tertiary/aromatic N) is 2. The number of hydrogen-bond donors (Lipinski definition) is 1. The number of amides is 4. The van der Waals surface area contributed by atoms with Crippen LogP contribution in [0, 0.1) is 60.7 Å². The number of phenolic OH excluding ortho intramolecular Hbond substituents is 1. The SMILES string of the molecule is Cc1cc(C2C3=CCC4C(=O)N(Cc5cccs5)C(=O)C4C3CC3(Cl)C(=O)N(c4c(F)c(F)c(F)c(F)c4F)C(=O)C23Cl)cc(C)c1O. The second-order valence-electron chi connectivity index (χ2n) is 12.5. The number of fused-ring (bicyclic) bond motifs is 4. The molecule has 1 N–H and O–H groups in total. The van der Waals surface area contributed by atoms with Crippen LogP contribution in [0.4, 0.5) is 27.6 Å². The minimum atomic E-state index is -2.63. The Labute approximate surface area is 283 Å². The standard InChI is InChI=1S/C33H23Cl2F5N2O5S/c1-12-8-14(9-13(2)27(12)43)20-16-5-6-17-19(29(45)41(28(17)44)11-15-4-3-7-48-15)18(16)10-32(34)30(46)42(31(47)33(20,32)35)26-24(39)22(37)21(36)23(38)25(26)40/h3-5,7-9,17-20,43H,6,10-11H2,1-2H3. The van der Waals surface area contributed by atoms with Crippen molar-refractivity contribution in [3.63, 3.8) is 0 Å². The van der Waals surface area contributed by atoms with Crippen molar-refractivity contribution in [1.82, 2.24) is 4.90 Å². The summed E-state index contributed by atoms with van der Waals surface area (Å²) in [6.45, 7) is 3.11. The van der Waals surface area contributed by atoms with E-state index in [4.69, 9.17) is 23.2 Å². The summed E-state index contributed by atoms with van der Waals surface area (Å²) in [6, 6.07) is 6.46. The molecule has 48 heavy (non-hydrogen) atoms. The lowest BCUT2D eigenvalue weighted by atomic mass is 9.56. The Morgan fingerprint density at radius 2 is 1.50 bits per heavy atom. The molecule has 2 aliphatic carbocycles. The lowest BCUT2D eigenvalue weighted by Gasteiger charge is -2.50. The zero-order valence-electron chi connectivity index (χ0n) is 24.9. The molecule has 6 atom stereocenters. The molecule has 15 heteroatoms. The fourth-order valence-electron chi connectivity index (χ4n) is 7.88. The van der Waals surface area contributed by atoms with Crippen molar-refractivity contribution in [3.05, 3.63) is 91.9 Å². The third-order valence-electron chi connectivity index (χ3n) is 10.1. The quantitative estimate of drug-likeness (QED) is 0.0825. The summed E-state index contributed by atoms with van der Waals surface area (Å²) in [5, 5.41) is 12.3. The Kier molecular flexibility index (Phi) is 7.39. The summed E-state index contributed by atoms with van der Waals surface area (Å²) in [4.78, 5) is 52.7. The highest BCUT2D eigenvalue weighted by molar-refractivity contribution is 7.09. The van der Waals surface area contributed by atoms with Gasteiger partial charge in [0.15, 0.2) is 33.0 Å². The van der Waals surface area contributed by atoms with Gasteiger partial charge in [0.2, 0.25) is 17.6 Å². The van der Waals surface area contributed by atoms with Gasteiger partial charge in [0, 0.05) is 10.8 Å². The predicted molar refractivity (Wildman–Crippen MR) is 164 cm³/mol. The van der Waals surface area contributed by atoms with Crippen LogP contribution in [0.2, 0.25) is 0 Å². The molecule has 0 radical (unpaired) electrons. The maximum absolute atomic E-state index is 15.2. The first-order chi connectivity index (χ1) is 22.6. The molecule has 7 nitrogen and oxygen atoms in total. The summed E-state index contributed by atoms with van der Waals surface area (Å²) >= 11 is 15.6. The van der Waals surface area contributed by atoms with E-state index in [-0.39, 0.29) is 29.2 Å². The van der Waals surface area contributed by atoms with Crippen LogP contribution in [0.5, 0.6) is 5.75 Å². The lowest BCUT2D eigenvalue weighted by molar-refractivity contribution is -0.141. The van der Waals surface area contributed by atoms with Crippen molar-refractivity contribution in [2.24, 2.45) is 17.8 Å². The summed E-state index contributed by atoms with van der Waals surface area (Å²) in [5.41, 5.74) is -0.623. The predicted octanol–water partition coefficient (Wildman–Crippen LogP) is 6.53. The second kappa shape index (κ2) is 10.8. The van der Waals surface area contributed by atoms with E-state index < -0.39 is 98.2 Å². The minimum Gasteiger partial charge on any atom is -0.507 e.